The Kier molecular flexibility index (Phi) is 8.47. The summed E-state index contributed by atoms with van der Waals surface area (Å²) in [5.74, 6) is -2.79. The molecule has 0 spiro atoms. The smallest absolute Gasteiger partial charge is 0.254 e. The topological polar surface area (TPSA) is 126 Å². The number of nitrogens with one attached hydrogen (secondary N) is 1. The summed E-state index contributed by atoms with van der Waals surface area (Å²) in [5, 5.41) is 2.92. The maximum absolute atomic E-state index is 15.7. The normalized spacial score (nSPS) is 15.8. The van der Waals surface area contributed by atoms with Crippen molar-refractivity contribution >= 4 is 38.8 Å². The van der Waals surface area contributed by atoms with Crippen LogP contribution in [0.5, 0.6) is 5.75 Å². The van der Waals surface area contributed by atoms with Crippen molar-refractivity contribution in [2.75, 3.05) is 18.9 Å². The van der Waals surface area contributed by atoms with Crippen LogP contribution in [0.1, 0.15) is 51.4 Å². The third-order valence-corrected chi connectivity index (χ3v) is 9.30. The van der Waals surface area contributed by atoms with Crippen molar-refractivity contribution in [3.63, 3.8) is 0 Å². The Morgan fingerprint density at radius 3 is 2.60 bits per heavy atom. The number of carbonyl (C=O) groups excluding carboxylic acids is 1. The number of ether oxygens (including phenoxy) is 3. The van der Waals surface area contributed by atoms with Gasteiger partial charge in [-0.25, -0.2) is 19.3 Å². The summed E-state index contributed by atoms with van der Waals surface area (Å²) in [6.07, 6.45) is 1.82. The van der Waals surface area contributed by atoms with Gasteiger partial charge in [-0.2, -0.15) is 4.39 Å². The summed E-state index contributed by atoms with van der Waals surface area (Å²) < 4.78 is 50.8. The monoisotopic (exact) mass is 738 g/mol. The Morgan fingerprint density at radius 1 is 0.980 bits per heavy atom. The highest BCUT2D eigenvalue weighted by Gasteiger charge is 2.32. The van der Waals surface area contributed by atoms with Gasteiger partial charge in [-0.1, -0.05) is 36.4 Å². The number of fused-ring (bicyclic) bond motifs is 2. The minimum absolute atomic E-state index is 0.0113. The fourth-order valence-corrected chi connectivity index (χ4v) is 6.78. The van der Waals surface area contributed by atoms with Crippen molar-refractivity contribution in [3.8, 4) is 22.8 Å². The lowest BCUT2D eigenvalue weighted by Gasteiger charge is -2.20. The SMILES string of the molecule is Nc1ncccc1-c1nc2ccc(Br)nc2n1-c1ccc2c(c1)CC[C@@H]2NC(=O)c1cc(C2OCCO2)c(OCc2ccccc2)c(F)c1F. The fourth-order valence-electron chi connectivity index (χ4n) is 6.48. The minimum atomic E-state index is -1.31. The van der Waals surface area contributed by atoms with Crippen LogP contribution in [0.4, 0.5) is 14.6 Å². The number of imidazole rings is 1. The van der Waals surface area contributed by atoms with E-state index in [0.29, 0.717) is 45.8 Å². The van der Waals surface area contributed by atoms with Crippen molar-refractivity contribution < 1.29 is 27.8 Å². The van der Waals surface area contributed by atoms with Gasteiger partial charge in [0, 0.05) is 11.9 Å². The number of hydrogen-bond acceptors (Lipinski definition) is 8. The zero-order valence-electron chi connectivity index (χ0n) is 26.4. The first-order valence-electron chi connectivity index (χ1n) is 16.0. The summed E-state index contributed by atoms with van der Waals surface area (Å²) in [6.45, 7) is 0.523. The van der Waals surface area contributed by atoms with Crippen molar-refractivity contribution in [1.29, 1.82) is 0 Å². The molecule has 10 nitrogen and oxygen atoms in total. The van der Waals surface area contributed by atoms with Gasteiger partial charge in [0.05, 0.1) is 35.9 Å². The van der Waals surface area contributed by atoms with E-state index in [9.17, 15) is 4.79 Å². The Bertz CT molecular complexity index is 2260. The first-order chi connectivity index (χ1) is 24.4. The second-order valence-corrected chi connectivity index (χ2v) is 12.8. The highest BCUT2D eigenvalue weighted by Crippen LogP contribution is 2.39. The molecule has 4 heterocycles. The maximum atomic E-state index is 15.7. The predicted octanol–water partition coefficient (Wildman–Crippen LogP) is 7.15. The van der Waals surface area contributed by atoms with E-state index in [4.69, 9.17) is 29.9 Å². The van der Waals surface area contributed by atoms with Gasteiger partial charge < -0.3 is 25.3 Å². The number of halogens is 3. The van der Waals surface area contributed by atoms with Crippen LogP contribution in [0.15, 0.2) is 89.7 Å². The van der Waals surface area contributed by atoms with Gasteiger partial charge in [-0.3, -0.25) is 9.36 Å². The molecule has 13 heteroatoms. The molecule has 1 amide bonds. The number of anilines is 1. The van der Waals surface area contributed by atoms with Crippen LogP contribution < -0.4 is 15.8 Å². The van der Waals surface area contributed by atoms with Crippen molar-refractivity contribution in [1.82, 2.24) is 24.8 Å². The molecule has 1 atom stereocenters. The summed E-state index contributed by atoms with van der Waals surface area (Å²) in [5.41, 5.74) is 11.3. The standard InChI is InChI=1S/C37H29BrF2N6O4/c38-29-13-12-28-35(45-29)46(34(43-28)24-7-4-14-42-33(24)41)22-9-10-23-21(17-22)8-11-27(23)44-36(47)25-18-26(37-48-15-16-49-37)32(31(40)30(25)39)50-19-20-5-2-1-3-6-20/h1-7,9-10,12-14,17-18,27,37H,8,11,15-16,19H2,(H2,41,42)(H,44,47)/t27-/m0/s1. The molecule has 0 saturated carbocycles. The molecule has 1 aliphatic carbocycles. The van der Waals surface area contributed by atoms with E-state index < -0.39 is 35.4 Å². The Morgan fingerprint density at radius 2 is 1.80 bits per heavy atom. The average molecular weight is 740 g/mol. The van der Waals surface area contributed by atoms with Gasteiger partial charge in [0.2, 0.25) is 5.82 Å². The van der Waals surface area contributed by atoms with Gasteiger partial charge in [-0.05, 0) is 87.9 Å². The quantitative estimate of drug-likeness (QED) is 0.158. The highest BCUT2D eigenvalue weighted by atomic mass is 79.9. The maximum Gasteiger partial charge on any atom is 0.254 e. The average Bonchev–Trinajstić information content (AvgIpc) is 3.89. The number of hydrogen-bond donors (Lipinski definition) is 2. The molecule has 50 heavy (non-hydrogen) atoms. The molecule has 8 rings (SSSR count). The molecule has 252 valence electrons. The molecular formula is C37H29BrF2N6O4. The molecule has 1 fully saturated rings. The minimum Gasteiger partial charge on any atom is -0.485 e. The summed E-state index contributed by atoms with van der Waals surface area (Å²) in [7, 11) is 0. The summed E-state index contributed by atoms with van der Waals surface area (Å²) >= 11 is 3.47. The van der Waals surface area contributed by atoms with Crippen LogP contribution in [0.3, 0.4) is 0 Å². The second kappa shape index (κ2) is 13.2. The molecular weight excluding hydrogens is 710 g/mol. The third-order valence-electron chi connectivity index (χ3n) is 8.85. The van der Waals surface area contributed by atoms with Crippen LogP contribution >= 0.6 is 15.9 Å². The number of nitrogens with two attached hydrogens (primary N) is 1. The Balaban J connectivity index is 1.10. The number of carbonyl (C=O) groups is 1. The van der Waals surface area contributed by atoms with Crippen LogP contribution in [0, 0.1) is 11.6 Å². The molecule has 0 unspecified atom stereocenters. The lowest BCUT2D eigenvalue weighted by Crippen LogP contribution is -2.28. The number of aromatic nitrogens is 4. The summed E-state index contributed by atoms with van der Waals surface area (Å²) in [4.78, 5) is 27.4. The van der Waals surface area contributed by atoms with Crippen molar-refractivity contribution in [2.45, 2.75) is 31.8 Å². The molecule has 0 radical (unpaired) electrons. The van der Waals surface area contributed by atoms with Crippen molar-refractivity contribution in [2.24, 2.45) is 0 Å². The van der Waals surface area contributed by atoms with Crippen LogP contribution in [0.2, 0.25) is 0 Å². The van der Waals surface area contributed by atoms with E-state index in [1.165, 1.54) is 6.07 Å². The molecule has 6 aromatic rings. The number of amides is 1. The van der Waals surface area contributed by atoms with Crippen molar-refractivity contribution in [3.05, 3.63) is 129 Å². The number of pyridine rings is 2. The van der Waals surface area contributed by atoms with Crippen LogP contribution in [-0.4, -0.2) is 38.6 Å². The van der Waals surface area contributed by atoms with E-state index in [-0.39, 0.29) is 31.1 Å². The number of nitrogen functional groups attached to an aromatic ring is 1. The lowest BCUT2D eigenvalue weighted by molar-refractivity contribution is -0.0463. The zero-order chi connectivity index (χ0) is 34.4. The second-order valence-electron chi connectivity index (χ2n) is 11.9. The molecule has 1 saturated heterocycles. The summed E-state index contributed by atoms with van der Waals surface area (Å²) in [6, 6.07) is 23.1. The van der Waals surface area contributed by atoms with E-state index in [1.54, 1.807) is 12.3 Å². The number of aryl methyl sites for hydroxylation is 1. The first-order valence-corrected chi connectivity index (χ1v) is 16.8. The van der Waals surface area contributed by atoms with Gasteiger partial charge in [0.15, 0.2) is 29.3 Å². The first kappa shape index (κ1) is 32.0. The fraction of sp³-hybridized carbons (Fsp3) is 0.189. The van der Waals surface area contributed by atoms with E-state index in [1.807, 2.05) is 71.3 Å². The molecule has 2 aliphatic rings. The highest BCUT2D eigenvalue weighted by molar-refractivity contribution is 9.10. The van der Waals surface area contributed by atoms with Gasteiger partial charge >= 0.3 is 0 Å². The van der Waals surface area contributed by atoms with E-state index in [0.717, 1.165) is 22.4 Å². The van der Waals surface area contributed by atoms with E-state index in [2.05, 4.69) is 26.2 Å². The largest absolute Gasteiger partial charge is 0.485 e. The number of rotatable bonds is 8. The molecule has 3 aromatic heterocycles. The van der Waals surface area contributed by atoms with Gasteiger partial charge in [0.1, 0.15) is 22.5 Å². The molecule has 1 aliphatic heterocycles. The lowest BCUT2D eigenvalue weighted by atomic mass is 10.0. The number of nitrogens with zero attached hydrogens (tertiary/aromatic N) is 4. The Labute approximate surface area is 293 Å². The molecule has 3 N–H and O–H groups in total. The molecule has 3 aromatic carbocycles. The van der Waals surface area contributed by atoms with Crippen LogP contribution in [-0.2, 0) is 22.5 Å². The number of benzene rings is 3. The third kappa shape index (κ3) is 5.86. The van der Waals surface area contributed by atoms with Crippen LogP contribution in [0.25, 0.3) is 28.2 Å². The van der Waals surface area contributed by atoms with Gasteiger partial charge in [0.25, 0.3) is 5.91 Å². The molecule has 0 bridgehead atoms. The van der Waals surface area contributed by atoms with E-state index >= 15 is 8.78 Å². The van der Waals surface area contributed by atoms with Gasteiger partial charge in [-0.15, -0.1) is 0 Å². The predicted molar refractivity (Wildman–Crippen MR) is 185 cm³/mol. The Hall–Kier alpha value is -5.24. The zero-order valence-corrected chi connectivity index (χ0v) is 28.0.